The third kappa shape index (κ3) is 2.50. The van der Waals surface area contributed by atoms with E-state index < -0.39 is 0 Å². The van der Waals surface area contributed by atoms with E-state index in [2.05, 4.69) is 25.2 Å². The Kier molecular flexibility index (Phi) is 5.13. The van der Waals surface area contributed by atoms with E-state index in [0.29, 0.717) is 0 Å². The van der Waals surface area contributed by atoms with Gasteiger partial charge in [-0.05, 0) is 0 Å². The minimum absolute atomic E-state index is 0. The van der Waals surface area contributed by atoms with E-state index in [1.54, 1.807) is 12.7 Å². The van der Waals surface area contributed by atoms with Crippen molar-refractivity contribution in [2.24, 2.45) is 7.05 Å². The first kappa shape index (κ1) is 14.9. The molecule has 2 aromatic heterocycles. The average molecular weight is 291 g/mol. The van der Waals surface area contributed by atoms with Gasteiger partial charge < -0.3 is 14.8 Å². The van der Waals surface area contributed by atoms with Gasteiger partial charge in [0.05, 0.1) is 6.33 Å². The third-order valence-electron chi connectivity index (χ3n) is 2.89. The molecule has 0 unspecified atom stereocenters. The van der Waals surface area contributed by atoms with Crippen LogP contribution in [0.2, 0.25) is 0 Å². The molecule has 3 rings (SSSR count). The molecule has 0 aliphatic carbocycles. The van der Waals surface area contributed by atoms with Crippen LogP contribution in [0, 0.1) is 0 Å². The smallest absolute Gasteiger partial charge is 0.165 e. The number of fused-ring (bicyclic) bond motifs is 1. The molecule has 0 bridgehead atoms. The van der Waals surface area contributed by atoms with Crippen LogP contribution >= 0.6 is 24.8 Å². The summed E-state index contributed by atoms with van der Waals surface area (Å²) in [5.74, 6) is 0.951. The number of imidazole rings is 1. The summed E-state index contributed by atoms with van der Waals surface area (Å²) in [7, 11) is 1.95. The molecule has 0 atom stereocenters. The first-order chi connectivity index (χ1) is 7.86. The van der Waals surface area contributed by atoms with Crippen LogP contribution in [0.1, 0.15) is 0 Å². The van der Waals surface area contributed by atoms with Crippen molar-refractivity contribution in [3.05, 3.63) is 12.7 Å². The number of nitrogens with one attached hydrogen (secondary N) is 1. The number of aromatic nitrogens is 4. The summed E-state index contributed by atoms with van der Waals surface area (Å²) in [6.45, 7) is 3.95. The van der Waals surface area contributed by atoms with Crippen molar-refractivity contribution >= 4 is 41.8 Å². The summed E-state index contributed by atoms with van der Waals surface area (Å²) in [6.07, 6.45) is 3.40. The van der Waals surface area contributed by atoms with Crippen molar-refractivity contribution in [1.29, 1.82) is 0 Å². The van der Waals surface area contributed by atoms with Crippen molar-refractivity contribution in [2.45, 2.75) is 0 Å². The van der Waals surface area contributed by atoms with Gasteiger partial charge in [0.1, 0.15) is 6.33 Å². The van der Waals surface area contributed by atoms with Gasteiger partial charge in [-0.1, -0.05) is 0 Å². The van der Waals surface area contributed by atoms with E-state index >= 15 is 0 Å². The third-order valence-corrected chi connectivity index (χ3v) is 2.89. The number of hydrogen-bond donors (Lipinski definition) is 1. The highest BCUT2D eigenvalue weighted by molar-refractivity contribution is 5.85. The molecule has 100 valence electrons. The number of piperazine rings is 1. The number of nitrogens with zero attached hydrogens (tertiary/aromatic N) is 5. The fourth-order valence-corrected chi connectivity index (χ4v) is 2.04. The summed E-state index contributed by atoms with van der Waals surface area (Å²) in [5, 5.41) is 3.33. The lowest BCUT2D eigenvalue weighted by molar-refractivity contribution is 0.586. The van der Waals surface area contributed by atoms with E-state index in [1.807, 2.05) is 11.6 Å². The number of anilines is 1. The van der Waals surface area contributed by atoms with Crippen LogP contribution in [0.3, 0.4) is 0 Å². The maximum Gasteiger partial charge on any atom is 0.165 e. The molecular formula is C10H16Cl2N6. The summed E-state index contributed by atoms with van der Waals surface area (Å²) in [6, 6.07) is 0. The fourth-order valence-electron chi connectivity index (χ4n) is 2.04. The molecule has 18 heavy (non-hydrogen) atoms. The topological polar surface area (TPSA) is 58.9 Å². The standard InChI is InChI=1S/C10H14N6.2ClH/c1-15-7-14-8-9(15)12-6-13-10(8)16-4-2-11-3-5-16;;/h6-7,11H,2-5H2,1H3;2*1H. The van der Waals surface area contributed by atoms with E-state index in [0.717, 1.165) is 43.2 Å². The second-order valence-corrected chi connectivity index (χ2v) is 3.96. The minimum atomic E-state index is 0. The van der Waals surface area contributed by atoms with Crippen LogP contribution < -0.4 is 10.2 Å². The molecule has 0 spiro atoms. The van der Waals surface area contributed by atoms with Gasteiger partial charge in [0, 0.05) is 33.2 Å². The number of aryl methyl sites for hydroxylation is 1. The number of hydrogen-bond acceptors (Lipinski definition) is 5. The molecule has 6 nitrogen and oxygen atoms in total. The lowest BCUT2D eigenvalue weighted by atomic mass is 10.3. The second-order valence-electron chi connectivity index (χ2n) is 3.96. The minimum Gasteiger partial charge on any atom is -0.352 e. The summed E-state index contributed by atoms with van der Waals surface area (Å²) in [4.78, 5) is 15.2. The molecular weight excluding hydrogens is 275 g/mol. The molecule has 8 heteroatoms. The zero-order valence-electron chi connectivity index (χ0n) is 10.0. The predicted octanol–water partition coefficient (Wildman–Crippen LogP) is 0.616. The zero-order chi connectivity index (χ0) is 11.0. The van der Waals surface area contributed by atoms with Gasteiger partial charge in [-0.15, -0.1) is 24.8 Å². The lowest BCUT2D eigenvalue weighted by Gasteiger charge is -2.28. The molecule has 1 aliphatic rings. The Labute approximate surface area is 118 Å². The molecule has 1 N–H and O–H groups in total. The van der Waals surface area contributed by atoms with Crippen LogP contribution in [-0.2, 0) is 7.05 Å². The average Bonchev–Trinajstić information content (AvgIpc) is 2.73. The van der Waals surface area contributed by atoms with Gasteiger partial charge in [0.15, 0.2) is 17.0 Å². The Morgan fingerprint density at radius 2 is 1.83 bits per heavy atom. The van der Waals surface area contributed by atoms with Crippen molar-refractivity contribution in [1.82, 2.24) is 24.8 Å². The molecule has 1 saturated heterocycles. The van der Waals surface area contributed by atoms with Gasteiger partial charge in [0.25, 0.3) is 0 Å². The van der Waals surface area contributed by atoms with E-state index in [1.165, 1.54) is 0 Å². The fraction of sp³-hybridized carbons (Fsp3) is 0.500. The number of halogens is 2. The first-order valence-electron chi connectivity index (χ1n) is 5.44. The summed E-state index contributed by atoms with van der Waals surface area (Å²) in [5.41, 5.74) is 1.79. The molecule has 0 radical (unpaired) electrons. The van der Waals surface area contributed by atoms with Gasteiger partial charge in [-0.25, -0.2) is 15.0 Å². The summed E-state index contributed by atoms with van der Waals surface area (Å²) < 4.78 is 1.92. The molecule has 0 aromatic carbocycles. The Morgan fingerprint density at radius 3 is 2.56 bits per heavy atom. The molecule has 1 aliphatic heterocycles. The Bertz CT molecular complexity index is 508. The maximum atomic E-state index is 4.37. The van der Waals surface area contributed by atoms with Crippen LogP contribution in [-0.4, -0.2) is 45.7 Å². The van der Waals surface area contributed by atoms with Gasteiger partial charge in [-0.2, -0.15) is 0 Å². The van der Waals surface area contributed by atoms with Crippen LogP contribution in [0.15, 0.2) is 12.7 Å². The summed E-state index contributed by atoms with van der Waals surface area (Å²) >= 11 is 0. The van der Waals surface area contributed by atoms with Gasteiger partial charge in [-0.3, -0.25) is 0 Å². The molecule has 1 fully saturated rings. The highest BCUT2D eigenvalue weighted by Crippen LogP contribution is 2.20. The Balaban J connectivity index is 0.000000810. The molecule has 0 amide bonds. The van der Waals surface area contributed by atoms with Gasteiger partial charge >= 0.3 is 0 Å². The predicted molar refractivity (Wildman–Crippen MR) is 75.9 cm³/mol. The van der Waals surface area contributed by atoms with Crippen LogP contribution in [0.25, 0.3) is 11.2 Å². The van der Waals surface area contributed by atoms with Gasteiger partial charge in [0.2, 0.25) is 0 Å². The second kappa shape index (κ2) is 6.17. The largest absolute Gasteiger partial charge is 0.352 e. The molecule has 3 heterocycles. The Hall–Kier alpha value is -1.11. The zero-order valence-corrected chi connectivity index (χ0v) is 11.7. The van der Waals surface area contributed by atoms with Crippen molar-refractivity contribution < 1.29 is 0 Å². The monoisotopic (exact) mass is 290 g/mol. The Morgan fingerprint density at radius 1 is 1.11 bits per heavy atom. The van der Waals surface area contributed by atoms with E-state index in [-0.39, 0.29) is 24.8 Å². The first-order valence-corrected chi connectivity index (χ1v) is 5.44. The molecule has 0 saturated carbocycles. The lowest BCUT2D eigenvalue weighted by Crippen LogP contribution is -2.44. The highest BCUT2D eigenvalue weighted by atomic mass is 35.5. The van der Waals surface area contributed by atoms with Crippen molar-refractivity contribution in [2.75, 3.05) is 31.1 Å². The quantitative estimate of drug-likeness (QED) is 0.834. The van der Waals surface area contributed by atoms with Crippen molar-refractivity contribution in [3.63, 3.8) is 0 Å². The van der Waals surface area contributed by atoms with E-state index in [9.17, 15) is 0 Å². The van der Waals surface area contributed by atoms with E-state index in [4.69, 9.17) is 0 Å². The van der Waals surface area contributed by atoms with Crippen molar-refractivity contribution in [3.8, 4) is 0 Å². The maximum absolute atomic E-state index is 4.37. The highest BCUT2D eigenvalue weighted by Gasteiger charge is 2.16. The normalized spacial score (nSPS) is 15.1. The van der Waals surface area contributed by atoms with Crippen LogP contribution in [0.4, 0.5) is 5.82 Å². The SMILES string of the molecule is Cl.Cl.Cn1cnc2c(N3CCNCC3)ncnc21. The van der Waals surface area contributed by atoms with Crippen LogP contribution in [0.5, 0.6) is 0 Å². The number of rotatable bonds is 1. The molecule has 2 aromatic rings.